The van der Waals surface area contributed by atoms with Gasteiger partial charge < -0.3 is 4.42 Å². The number of hydrogen-bond acceptors (Lipinski definition) is 3. The van der Waals surface area contributed by atoms with Gasteiger partial charge in [-0.05, 0) is 42.5 Å². The summed E-state index contributed by atoms with van der Waals surface area (Å²) in [6.45, 7) is 0. The molecule has 0 radical (unpaired) electrons. The van der Waals surface area contributed by atoms with E-state index < -0.39 is 0 Å². The van der Waals surface area contributed by atoms with Crippen LogP contribution in [0, 0.1) is 0 Å². The maximum absolute atomic E-state index is 6.17. The lowest BCUT2D eigenvalue weighted by Crippen LogP contribution is -1.83. The second-order valence-electron chi connectivity index (χ2n) is 5.46. The molecule has 3 aromatic carbocycles. The third-order valence-corrected chi connectivity index (χ3v) is 4.26. The molecule has 0 amide bonds. The summed E-state index contributed by atoms with van der Waals surface area (Å²) in [5.74, 6) is 0.572. The van der Waals surface area contributed by atoms with Gasteiger partial charge >= 0.3 is 0 Å². The molecule has 5 heteroatoms. The van der Waals surface area contributed by atoms with E-state index in [-0.39, 0.29) is 0 Å². The summed E-state index contributed by atoms with van der Waals surface area (Å²) in [6, 6.07) is 20.7. The summed E-state index contributed by atoms with van der Waals surface area (Å²) in [6.07, 6.45) is 1.71. The van der Waals surface area contributed by atoms with Crippen molar-refractivity contribution in [3.63, 3.8) is 0 Å². The Morgan fingerprint density at radius 3 is 2.64 bits per heavy atom. The van der Waals surface area contributed by atoms with Crippen molar-refractivity contribution in [1.82, 2.24) is 4.98 Å². The molecule has 1 heterocycles. The molecule has 0 aliphatic heterocycles. The zero-order valence-electron chi connectivity index (χ0n) is 13.0. The second kappa shape index (κ2) is 6.71. The van der Waals surface area contributed by atoms with Crippen LogP contribution in [0.4, 0.5) is 5.69 Å². The summed E-state index contributed by atoms with van der Waals surface area (Å²) in [4.78, 5) is 9.00. The molecule has 25 heavy (non-hydrogen) atoms. The first kappa shape index (κ1) is 15.9. The largest absolute Gasteiger partial charge is 0.436 e. The highest BCUT2D eigenvalue weighted by Crippen LogP contribution is 2.27. The lowest BCUT2D eigenvalue weighted by atomic mass is 10.2. The van der Waals surface area contributed by atoms with Gasteiger partial charge in [0.05, 0.1) is 10.7 Å². The molecule has 122 valence electrons. The molecule has 0 saturated carbocycles. The van der Waals surface area contributed by atoms with Crippen molar-refractivity contribution >= 4 is 46.2 Å². The molecule has 4 aromatic rings. The maximum atomic E-state index is 6.17. The minimum atomic E-state index is 0.561. The fourth-order valence-corrected chi connectivity index (χ4v) is 2.92. The molecule has 0 saturated heterocycles. The van der Waals surface area contributed by atoms with Gasteiger partial charge in [-0.1, -0.05) is 47.5 Å². The molecule has 0 unspecified atom stereocenters. The Hall–Kier alpha value is -2.62. The highest BCUT2D eigenvalue weighted by atomic mass is 35.5. The van der Waals surface area contributed by atoms with Crippen LogP contribution in [0.15, 0.2) is 76.1 Å². The number of benzene rings is 3. The molecular formula is C20H12Cl2N2O. The first-order valence-electron chi connectivity index (χ1n) is 7.64. The van der Waals surface area contributed by atoms with Gasteiger partial charge in [-0.2, -0.15) is 0 Å². The van der Waals surface area contributed by atoms with Gasteiger partial charge in [0.25, 0.3) is 0 Å². The molecule has 0 N–H and O–H groups in total. The van der Waals surface area contributed by atoms with Crippen molar-refractivity contribution in [2.24, 2.45) is 4.99 Å². The number of hydrogen-bond donors (Lipinski definition) is 0. The van der Waals surface area contributed by atoms with E-state index in [1.165, 1.54) is 0 Å². The van der Waals surface area contributed by atoms with Crippen molar-refractivity contribution in [2.75, 3.05) is 0 Å². The van der Waals surface area contributed by atoms with Crippen molar-refractivity contribution in [3.8, 4) is 11.5 Å². The third kappa shape index (κ3) is 3.43. The fourth-order valence-electron chi connectivity index (χ4n) is 2.47. The lowest BCUT2D eigenvalue weighted by molar-refractivity contribution is 0.620. The van der Waals surface area contributed by atoms with E-state index in [9.17, 15) is 0 Å². The minimum Gasteiger partial charge on any atom is -0.436 e. The van der Waals surface area contributed by atoms with Gasteiger partial charge in [-0.25, -0.2) is 4.98 Å². The van der Waals surface area contributed by atoms with Crippen LogP contribution in [-0.4, -0.2) is 11.2 Å². The zero-order chi connectivity index (χ0) is 17.2. The maximum Gasteiger partial charge on any atom is 0.227 e. The first-order chi connectivity index (χ1) is 12.2. The normalized spacial score (nSPS) is 11.4. The predicted octanol–water partition coefficient (Wildman–Crippen LogP) is 6.55. The van der Waals surface area contributed by atoms with Gasteiger partial charge in [0.2, 0.25) is 5.89 Å². The average Bonchev–Trinajstić information content (AvgIpc) is 3.05. The summed E-state index contributed by atoms with van der Waals surface area (Å²) < 4.78 is 5.81. The van der Waals surface area contributed by atoms with E-state index in [2.05, 4.69) is 9.98 Å². The monoisotopic (exact) mass is 366 g/mol. The number of fused-ring (bicyclic) bond motifs is 1. The number of para-hydroxylation sites is 2. The van der Waals surface area contributed by atoms with E-state index in [1.807, 2.05) is 54.6 Å². The van der Waals surface area contributed by atoms with Crippen molar-refractivity contribution in [1.29, 1.82) is 0 Å². The van der Waals surface area contributed by atoms with Crippen LogP contribution >= 0.6 is 23.2 Å². The van der Waals surface area contributed by atoms with Gasteiger partial charge in [0, 0.05) is 22.4 Å². The predicted molar refractivity (Wildman–Crippen MR) is 103 cm³/mol. The fraction of sp³-hybridized carbons (Fsp3) is 0. The Balaban J connectivity index is 1.66. The minimum absolute atomic E-state index is 0.561. The average molecular weight is 367 g/mol. The van der Waals surface area contributed by atoms with E-state index >= 15 is 0 Å². The number of rotatable bonds is 3. The summed E-state index contributed by atoms with van der Waals surface area (Å²) >= 11 is 12.1. The van der Waals surface area contributed by atoms with Crippen molar-refractivity contribution < 1.29 is 4.42 Å². The molecule has 0 spiro atoms. The standard InChI is InChI=1S/C20H12Cl2N2O/c21-15-9-8-14(17(22)11-15)12-23-16-5-3-4-13(10-16)20-24-18-6-1-2-7-19(18)25-20/h1-12H. The Morgan fingerprint density at radius 2 is 1.80 bits per heavy atom. The van der Waals surface area contributed by atoms with E-state index in [0.717, 1.165) is 27.9 Å². The Labute approximate surface area is 154 Å². The van der Waals surface area contributed by atoms with Gasteiger partial charge in [-0.3, -0.25) is 4.99 Å². The van der Waals surface area contributed by atoms with Gasteiger partial charge in [0.1, 0.15) is 5.52 Å². The molecule has 0 aliphatic carbocycles. The van der Waals surface area contributed by atoms with Crippen LogP contribution < -0.4 is 0 Å². The number of aliphatic imine (C=N–C) groups is 1. The van der Waals surface area contributed by atoms with E-state index in [1.54, 1.807) is 18.3 Å². The second-order valence-corrected chi connectivity index (χ2v) is 6.30. The quantitative estimate of drug-likeness (QED) is 0.385. The van der Waals surface area contributed by atoms with Gasteiger partial charge in [-0.15, -0.1) is 0 Å². The topological polar surface area (TPSA) is 38.4 Å². The molecule has 0 fully saturated rings. The molecule has 0 aliphatic rings. The Bertz CT molecular complexity index is 1050. The van der Waals surface area contributed by atoms with Crippen LogP contribution in [0.5, 0.6) is 0 Å². The highest BCUT2D eigenvalue weighted by Gasteiger charge is 2.08. The first-order valence-corrected chi connectivity index (χ1v) is 8.40. The SMILES string of the molecule is Clc1ccc(C=Nc2cccc(-c3nc4ccccc4o3)c2)c(Cl)c1. The zero-order valence-corrected chi connectivity index (χ0v) is 14.5. The molecule has 1 aromatic heterocycles. The van der Waals surface area contributed by atoms with E-state index in [4.69, 9.17) is 27.6 Å². The Morgan fingerprint density at radius 1 is 0.920 bits per heavy atom. The molecular weight excluding hydrogens is 355 g/mol. The number of oxazole rings is 1. The number of nitrogens with zero attached hydrogens (tertiary/aromatic N) is 2. The van der Waals surface area contributed by atoms with Gasteiger partial charge in [0.15, 0.2) is 5.58 Å². The number of aromatic nitrogens is 1. The summed E-state index contributed by atoms with van der Waals surface area (Å²) in [7, 11) is 0. The molecule has 0 atom stereocenters. The van der Waals surface area contributed by atoms with Crippen LogP contribution in [-0.2, 0) is 0 Å². The van der Waals surface area contributed by atoms with Crippen molar-refractivity contribution in [3.05, 3.63) is 82.3 Å². The van der Waals surface area contributed by atoms with E-state index in [0.29, 0.717) is 15.9 Å². The van der Waals surface area contributed by atoms with Crippen LogP contribution in [0.1, 0.15) is 5.56 Å². The smallest absolute Gasteiger partial charge is 0.227 e. The highest BCUT2D eigenvalue weighted by molar-refractivity contribution is 6.36. The van der Waals surface area contributed by atoms with Crippen LogP contribution in [0.3, 0.4) is 0 Å². The number of halogens is 2. The Kier molecular flexibility index (Phi) is 4.26. The van der Waals surface area contributed by atoms with Crippen LogP contribution in [0.25, 0.3) is 22.6 Å². The summed E-state index contributed by atoms with van der Waals surface area (Å²) in [5.41, 5.74) is 4.05. The molecule has 0 bridgehead atoms. The molecule has 3 nitrogen and oxygen atoms in total. The van der Waals surface area contributed by atoms with Crippen molar-refractivity contribution in [2.45, 2.75) is 0 Å². The molecule has 4 rings (SSSR count). The third-order valence-electron chi connectivity index (χ3n) is 3.70. The summed E-state index contributed by atoms with van der Waals surface area (Å²) in [5, 5.41) is 1.16. The van der Waals surface area contributed by atoms with Crippen LogP contribution in [0.2, 0.25) is 10.0 Å². The lowest BCUT2D eigenvalue weighted by Gasteiger charge is -2.00.